The Labute approximate surface area is 167 Å². The highest BCUT2D eigenvalue weighted by molar-refractivity contribution is 7.80. The van der Waals surface area contributed by atoms with E-state index in [0.29, 0.717) is 16.4 Å². The average molecular weight is 400 g/mol. The van der Waals surface area contributed by atoms with Gasteiger partial charge in [-0.25, -0.2) is 4.98 Å². The standard InChI is InChI=1S/C20H21N3O2S2/c1-11(2)25-15-7-5-6-14(10-15)18(24)22-19(26)23-20-21-17-13(4)8-12(3)9-16(17)27-20/h5-11H,1-4H3,(H2,21,22,23,24,26). The summed E-state index contributed by atoms with van der Waals surface area (Å²) in [5.74, 6) is 0.350. The zero-order valence-electron chi connectivity index (χ0n) is 15.6. The summed E-state index contributed by atoms with van der Waals surface area (Å²) in [6, 6.07) is 11.2. The highest BCUT2D eigenvalue weighted by Gasteiger charge is 2.12. The molecule has 0 aliphatic carbocycles. The van der Waals surface area contributed by atoms with Gasteiger partial charge in [0.2, 0.25) is 0 Å². The SMILES string of the molecule is Cc1cc(C)c2nc(NC(=S)NC(=O)c3cccc(OC(C)C)c3)sc2c1. The van der Waals surface area contributed by atoms with Gasteiger partial charge in [-0.15, -0.1) is 0 Å². The smallest absolute Gasteiger partial charge is 0.257 e. The predicted octanol–water partition coefficient (Wildman–Crippen LogP) is 4.83. The third-order valence-corrected chi connectivity index (χ3v) is 4.87. The maximum Gasteiger partial charge on any atom is 0.257 e. The van der Waals surface area contributed by atoms with E-state index in [0.717, 1.165) is 15.8 Å². The first-order valence-corrected chi connectivity index (χ1v) is 9.81. The number of amides is 1. The van der Waals surface area contributed by atoms with E-state index >= 15 is 0 Å². The minimum Gasteiger partial charge on any atom is -0.491 e. The van der Waals surface area contributed by atoms with Crippen molar-refractivity contribution in [1.29, 1.82) is 0 Å². The van der Waals surface area contributed by atoms with Gasteiger partial charge in [0, 0.05) is 5.56 Å². The van der Waals surface area contributed by atoms with Crippen molar-refractivity contribution in [2.24, 2.45) is 0 Å². The van der Waals surface area contributed by atoms with Crippen LogP contribution in [0.15, 0.2) is 36.4 Å². The van der Waals surface area contributed by atoms with Crippen LogP contribution in [0.4, 0.5) is 5.13 Å². The van der Waals surface area contributed by atoms with Gasteiger partial charge in [0.1, 0.15) is 5.75 Å². The molecule has 2 aromatic carbocycles. The van der Waals surface area contributed by atoms with Crippen LogP contribution in [0.2, 0.25) is 0 Å². The summed E-state index contributed by atoms with van der Waals surface area (Å²) < 4.78 is 6.71. The second-order valence-corrected chi connectivity index (χ2v) is 7.99. The van der Waals surface area contributed by atoms with E-state index in [-0.39, 0.29) is 17.1 Å². The van der Waals surface area contributed by atoms with Crippen molar-refractivity contribution >= 4 is 49.9 Å². The molecule has 0 aliphatic rings. The Kier molecular flexibility index (Phi) is 5.72. The van der Waals surface area contributed by atoms with E-state index < -0.39 is 0 Å². The molecule has 140 valence electrons. The first kappa shape index (κ1) is 19.3. The summed E-state index contributed by atoms with van der Waals surface area (Å²) in [5.41, 5.74) is 3.73. The third-order valence-electron chi connectivity index (χ3n) is 3.75. The van der Waals surface area contributed by atoms with Gasteiger partial charge in [-0.2, -0.15) is 0 Å². The molecule has 0 aliphatic heterocycles. The van der Waals surface area contributed by atoms with Crippen molar-refractivity contribution in [3.8, 4) is 5.75 Å². The molecule has 0 unspecified atom stereocenters. The number of thiazole rings is 1. The maximum atomic E-state index is 12.4. The number of aromatic nitrogens is 1. The lowest BCUT2D eigenvalue weighted by Gasteiger charge is -2.11. The van der Waals surface area contributed by atoms with Gasteiger partial charge in [0.15, 0.2) is 10.2 Å². The Morgan fingerprint density at radius 1 is 1.22 bits per heavy atom. The summed E-state index contributed by atoms with van der Waals surface area (Å²) in [5, 5.41) is 6.55. The summed E-state index contributed by atoms with van der Waals surface area (Å²) in [6.45, 7) is 7.96. The van der Waals surface area contributed by atoms with Crippen LogP contribution in [-0.2, 0) is 0 Å². The molecule has 3 aromatic rings. The lowest BCUT2D eigenvalue weighted by atomic mass is 10.1. The number of fused-ring (bicyclic) bond motifs is 1. The number of rotatable bonds is 4. The Morgan fingerprint density at radius 3 is 2.74 bits per heavy atom. The van der Waals surface area contributed by atoms with Crippen molar-refractivity contribution in [2.75, 3.05) is 5.32 Å². The fraction of sp³-hybridized carbons (Fsp3) is 0.250. The molecule has 0 radical (unpaired) electrons. The summed E-state index contributed by atoms with van der Waals surface area (Å²) in [6.07, 6.45) is 0.0391. The fourth-order valence-corrected chi connectivity index (χ4v) is 4.01. The van der Waals surface area contributed by atoms with Crippen molar-refractivity contribution in [3.05, 3.63) is 53.1 Å². The number of carbonyl (C=O) groups is 1. The van der Waals surface area contributed by atoms with Crippen LogP contribution in [0.1, 0.15) is 35.3 Å². The molecule has 0 saturated heterocycles. The number of aryl methyl sites for hydroxylation is 2. The molecule has 0 bridgehead atoms. The molecule has 5 nitrogen and oxygen atoms in total. The van der Waals surface area contributed by atoms with Crippen LogP contribution < -0.4 is 15.4 Å². The Morgan fingerprint density at radius 2 is 2.00 bits per heavy atom. The van der Waals surface area contributed by atoms with Gasteiger partial charge in [-0.05, 0) is 75.3 Å². The Hall–Kier alpha value is -2.51. The van der Waals surface area contributed by atoms with E-state index in [2.05, 4.69) is 34.7 Å². The summed E-state index contributed by atoms with van der Waals surface area (Å²) in [4.78, 5) is 17.0. The molecule has 3 rings (SSSR count). The van der Waals surface area contributed by atoms with Crippen molar-refractivity contribution in [1.82, 2.24) is 10.3 Å². The van der Waals surface area contributed by atoms with Gasteiger partial charge in [-0.3, -0.25) is 10.1 Å². The third kappa shape index (κ3) is 4.81. The number of hydrogen-bond donors (Lipinski definition) is 2. The Balaban J connectivity index is 1.69. The van der Waals surface area contributed by atoms with Crippen LogP contribution in [0.5, 0.6) is 5.75 Å². The van der Waals surface area contributed by atoms with Gasteiger partial charge in [-0.1, -0.05) is 23.5 Å². The number of anilines is 1. The largest absolute Gasteiger partial charge is 0.491 e. The van der Waals surface area contributed by atoms with Crippen LogP contribution in [0.3, 0.4) is 0 Å². The molecule has 0 saturated carbocycles. The van der Waals surface area contributed by atoms with E-state index in [1.54, 1.807) is 18.2 Å². The predicted molar refractivity (Wildman–Crippen MR) is 115 cm³/mol. The quantitative estimate of drug-likeness (QED) is 0.616. The second kappa shape index (κ2) is 8.02. The van der Waals surface area contributed by atoms with Gasteiger partial charge in [0.05, 0.1) is 16.3 Å². The molecule has 1 heterocycles. The first-order valence-electron chi connectivity index (χ1n) is 8.58. The number of thiocarbonyl (C=S) groups is 1. The minimum atomic E-state index is -0.296. The lowest BCUT2D eigenvalue weighted by molar-refractivity contribution is 0.0977. The van der Waals surface area contributed by atoms with E-state index in [4.69, 9.17) is 17.0 Å². The monoisotopic (exact) mass is 399 g/mol. The number of nitrogens with zero attached hydrogens (tertiary/aromatic N) is 1. The van der Waals surface area contributed by atoms with E-state index in [1.807, 2.05) is 26.8 Å². The fourth-order valence-electron chi connectivity index (χ4n) is 2.71. The zero-order valence-corrected chi connectivity index (χ0v) is 17.3. The minimum absolute atomic E-state index is 0.0391. The van der Waals surface area contributed by atoms with Crippen molar-refractivity contribution in [2.45, 2.75) is 33.8 Å². The normalized spacial score (nSPS) is 10.9. The molecule has 1 aromatic heterocycles. The molecule has 0 atom stereocenters. The zero-order chi connectivity index (χ0) is 19.6. The maximum absolute atomic E-state index is 12.4. The van der Waals surface area contributed by atoms with Crippen LogP contribution in [0.25, 0.3) is 10.2 Å². The molecule has 7 heteroatoms. The highest BCUT2D eigenvalue weighted by Crippen LogP contribution is 2.29. The van der Waals surface area contributed by atoms with Crippen molar-refractivity contribution < 1.29 is 9.53 Å². The number of ether oxygens (including phenoxy) is 1. The lowest BCUT2D eigenvalue weighted by Crippen LogP contribution is -2.34. The number of benzene rings is 2. The highest BCUT2D eigenvalue weighted by atomic mass is 32.1. The van der Waals surface area contributed by atoms with Crippen LogP contribution in [0, 0.1) is 13.8 Å². The number of nitrogens with one attached hydrogen (secondary N) is 2. The average Bonchev–Trinajstić information content (AvgIpc) is 2.96. The summed E-state index contributed by atoms with van der Waals surface area (Å²) in [7, 11) is 0. The molecule has 1 amide bonds. The van der Waals surface area contributed by atoms with E-state index in [1.165, 1.54) is 16.9 Å². The number of hydrogen-bond acceptors (Lipinski definition) is 5. The van der Waals surface area contributed by atoms with Gasteiger partial charge < -0.3 is 10.1 Å². The van der Waals surface area contributed by atoms with Crippen molar-refractivity contribution in [3.63, 3.8) is 0 Å². The molecular weight excluding hydrogens is 378 g/mol. The Bertz CT molecular complexity index is 1010. The first-order chi connectivity index (χ1) is 12.8. The molecule has 0 spiro atoms. The molecule has 27 heavy (non-hydrogen) atoms. The topological polar surface area (TPSA) is 63.2 Å². The second-order valence-electron chi connectivity index (χ2n) is 6.55. The summed E-state index contributed by atoms with van der Waals surface area (Å²) >= 11 is 6.78. The van der Waals surface area contributed by atoms with Gasteiger partial charge >= 0.3 is 0 Å². The molecular formula is C20H21N3O2S2. The molecule has 2 N–H and O–H groups in total. The van der Waals surface area contributed by atoms with Crippen LogP contribution >= 0.6 is 23.6 Å². The number of carbonyl (C=O) groups excluding carboxylic acids is 1. The molecule has 0 fully saturated rings. The van der Waals surface area contributed by atoms with Gasteiger partial charge in [0.25, 0.3) is 5.91 Å². The van der Waals surface area contributed by atoms with Crippen LogP contribution in [-0.4, -0.2) is 22.1 Å². The van der Waals surface area contributed by atoms with E-state index in [9.17, 15) is 4.79 Å².